The molecule has 0 aliphatic carbocycles. The predicted molar refractivity (Wildman–Crippen MR) is 51.7 cm³/mol. The van der Waals surface area contributed by atoms with E-state index in [1.165, 1.54) is 12.8 Å². The molecule has 0 unspecified atom stereocenters. The van der Waals surface area contributed by atoms with E-state index in [0.717, 1.165) is 19.0 Å². The van der Waals surface area contributed by atoms with Crippen molar-refractivity contribution in [2.45, 2.75) is 33.6 Å². The third-order valence-corrected chi connectivity index (χ3v) is 2.50. The molecule has 1 nitrogen and oxygen atoms in total. The van der Waals surface area contributed by atoms with Crippen molar-refractivity contribution in [2.24, 2.45) is 11.3 Å². The predicted octanol–water partition coefficient (Wildman–Crippen LogP) is 3.26. The molecule has 0 saturated carbocycles. The Bertz CT molecular complexity index is 101. The molecule has 1 aliphatic rings. The third-order valence-electron chi connectivity index (χ3n) is 2.50. The van der Waals surface area contributed by atoms with Crippen LogP contribution in [0.15, 0.2) is 0 Å². The molecule has 0 aromatic rings. The average Bonchev–Trinajstić information content (AvgIpc) is 1.88. The zero-order valence-corrected chi connectivity index (χ0v) is 11.4. The van der Waals surface area contributed by atoms with Gasteiger partial charge in [-0.2, -0.15) is 0 Å². The van der Waals surface area contributed by atoms with Crippen molar-refractivity contribution in [2.75, 3.05) is 13.1 Å². The molecule has 0 atom stereocenters. The van der Waals surface area contributed by atoms with Gasteiger partial charge in [-0.1, -0.05) is 33.6 Å². The monoisotopic (exact) mass is 342 g/mol. The Hall–Kier alpha value is 0.622. The van der Waals surface area contributed by atoms with Crippen molar-refractivity contribution in [3.63, 3.8) is 0 Å². The Morgan fingerprint density at radius 3 is 1.75 bits per heavy atom. The number of hydrogen-bond acceptors (Lipinski definition) is 0. The second-order valence-electron chi connectivity index (χ2n) is 4.31. The van der Waals surface area contributed by atoms with E-state index in [1.54, 1.807) is 0 Å². The van der Waals surface area contributed by atoms with Gasteiger partial charge in [0.2, 0.25) is 0 Å². The third kappa shape index (κ3) is 4.60. The molecule has 1 saturated heterocycles. The van der Waals surface area contributed by atoms with Gasteiger partial charge in [0.05, 0.1) is 0 Å². The van der Waals surface area contributed by atoms with Crippen LogP contribution in [0.2, 0.25) is 0 Å². The van der Waals surface area contributed by atoms with Crippen molar-refractivity contribution in [3.05, 3.63) is 12.7 Å². The molecule has 1 heterocycles. The standard InChI is InChI=1S/C9H18N.CH3.Re/c1-9(2,3)8-4-6-10-7-5-8;;/h8H,4-7H2,1-3H3;1H3;/q2*-1;. The van der Waals surface area contributed by atoms with Crippen LogP contribution in [0, 0.1) is 18.8 Å². The summed E-state index contributed by atoms with van der Waals surface area (Å²) in [7, 11) is 0. The number of rotatable bonds is 0. The van der Waals surface area contributed by atoms with E-state index < -0.39 is 0 Å². The summed E-state index contributed by atoms with van der Waals surface area (Å²) in [5.41, 5.74) is 0.510. The van der Waals surface area contributed by atoms with Crippen LogP contribution in [0.25, 0.3) is 5.32 Å². The molecule has 1 aliphatic heterocycles. The fourth-order valence-electron chi connectivity index (χ4n) is 1.62. The van der Waals surface area contributed by atoms with Crippen molar-refractivity contribution in [1.82, 2.24) is 0 Å². The molecular formula is C10H21NRe-2. The summed E-state index contributed by atoms with van der Waals surface area (Å²) >= 11 is 0. The summed E-state index contributed by atoms with van der Waals surface area (Å²) < 4.78 is 0. The van der Waals surface area contributed by atoms with E-state index in [0.29, 0.717) is 5.41 Å². The van der Waals surface area contributed by atoms with Gasteiger partial charge in [0.1, 0.15) is 0 Å². The smallest absolute Gasteiger partial charge is 0 e. The van der Waals surface area contributed by atoms with E-state index >= 15 is 0 Å². The second kappa shape index (κ2) is 6.13. The van der Waals surface area contributed by atoms with E-state index in [1.807, 2.05) is 0 Å². The van der Waals surface area contributed by atoms with Gasteiger partial charge in [0.15, 0.2) is 0 Å². The van der Waals surface area contributed by atoms with Crippen molar-refractivity contribution in [1.29, 1.82) is 0 Å². The van der Waals surface area contributed by atoms with Gasteiger partial charge < -0.3 is 12.7 Å². The number of nitrogens with zero attached hydrogens (tertiary/aromatic N) is 1. The number of hydrogen-bond donors (Lipinski definition) is 0. The van der Waals surface area contributed by atoms with E-state index in [4.69, 9.17) is 0 Å². The molecule has 1 rings (SSSR count). The normalized spacial score (nSPS) is 19.2. The molecule has 2 heteroatoms. The van der Waals surface area contributed by atoms with Crippen LogP contribution in [0.3, 0.4) is 0 Å². The summed E-state index contributed by atoms with van der Waals surface area (Å²) in [4.78, 5) is 0. The van der Waals surface area contributed by atoms with Crippen LogP contribution in [-0.4, -0.2) is 13.1 Å². The first kappa shape index (κ1) is 15.1. The Labute approximate surface area is 91.4 Å². The maximum absolute atomic E-state index is 4.34. The molecule has 0 N–H and O–H groups in total. The maximum atomic E-state index is 4.34. The molecule has 0 spiro atoms. The first-order valence-electron chi connectivity index (χ1n) is 4.24. The second-order valence-corrected chi connectivity index (χ2v) is 4.31. The van der Waals surface area contributed by atoms with Crippen LogP contribution in [0.4, 0.5) is 0 Å². The van der Waals surface area contributed by atoms with Gasteiger partial charge in [-0.3, -0.25) is 0 Å². The molecule has 0 aromatic carbocycles. The zero-order valence-electron chi connectivity index (χ0n) is 8.73. The van der Waals surface area contributed by atoms with Gasteiger partial charge in [-0.15, -0.1) is 13.1 Å². The Kier molecular flexibility index (Phi) is 7.72. The van der Waals surface area contributed by atoms with Crippen LogP contribution in [0.1, 0.15) is 33.6 Å². The van der Waals surface area contributed by atoms with Gasteiger partial charge in [-0.05, 0) is 11.3 Å². The zero-order chi connectivity index (χ0) is 7.61. The molecule has 12 heavy (non-hydrogen) atoms. The fourth-order valence-corrected chi connectivity index (χ4v) is 1.62. The van der Waals surface area contributed by atoms with Gasteiger partial charge >= 0.3 is 0 Å². The van der Waals surface area contributed by atoms with Crippen LogP contribution < -0.4 is 0 Å². The fraction of sp³-hybridized carbons (Fsp3) is 0.900. The quantitative estimate of drug-likeness (QED) is 0.601. The summed E-state index contributed by atoms with van der Waals surface area (Å²) in [5, 5.41) is 4.34. The minimum atomic E-state index is 0. The SMILES string of the molecule is CC(C)(C)C1CC[N-]CC1.[CH3-].[Re]. The van der Waals surface area contributed by atoms with Crippen LogP contribution >= 0.6 is 0 Å². The summed E-state index contributed by atoms with van der Waals surface area (Å²) in [6.07, 6.45) is 2.62. The molecule has 75 valence electrons. The minimum Gasteiger partial charge on any atom is -0.662 e. The largest absolute Gasteiger partial charge is 0.662 e. The summed E-state index contributed by atoms with van der Waals surface area (Å²) in [6.45, 7) is 9.21. The molecule has 1 fully saturated rings. The molecule has 0 bridgehead atoms. The molecular weight excluding hydrogens is 320 g/mol. The van der Waals surface area contributed by atoms with E-state index in [9.17, 15) is 0 Å². The van der Waals surface area contributed by atoms with Crippen molar-refractivity contribution in [3.8, 4) is 0 Å². The van der Waals surface area contributed by atoms with Crippen molar-refractivity contribution < 1.29 is 20.4 Å². The Balaban J connectivity index is 0. The molecule has 0 aromatic heterocycles. The first-order chi connectivity index (χ1) is 4.61. The number of piperidine rings is 1. The van der Waals surface area contributed by atoms with E-state index in [-0.39, 0.29) is 27.8 Å². The van der Waals surface area contributed by atoms with Crippen LogP contribution in [-0.2, 0) is 20.4 Å². The first-order valence-corrected chi connectivity index (χ1v) is 4.24. The Morgan fingerprint density at radius 2 is 1.50 bits per heavy atom. The minimum absolute atomic E-state index is 0. The average molecular weight is 341 g/mol. The summed E-state index contributed by atoms with van der Waals surface area (Å²) in [6, 6.07) is 0. The topological polar surface area (TPSA) is 14.1 Å². The van der Waals surface area contributed by atoms with E-state index in [2.05, 4.69) is 26.1 Å². The summed E-state index contributed by atoms with van der Waals surface area (Å²) in [5.74, 6) is 0.907. The Morgan fingerprint density at radius 1 is 1.08 bits per heavy atom. The van der Waals surface area contributed by atoms with Crippen molar-refractivity contribution >= 4 is 0 Å². The van der Waals surface area contributed by atoms with Gasteiger partial charge in [0, 0.05) is 20.4 Å². The van der Waals surface area contributed by atoms with Gasteiger partial charge in [0.25, 0.3) is 0 Å². The van der Waals surface area contributed by atoms with Crippen LogP contribution in [0.5, 0.6) is 0 Å². The molecule has 1 radical (unpaired) electrons. The van der Waals surface area contributed by atoms with Gasteiger partial charge in [-0.25, -0.2) is 0 Å². The maximum Gasteiger partial charge on any atom is 0 e. The molecule has 0 amide bonds.